The molecule has 2 rings (SSSR count). The maximum atomic E-state index is 11.6. The molecule has 2 aromatic carbocycles. The molecule has 0 radical (unpaired) electrons. The second-order valence-corrected chi connectivity index (χ2v) is 6.32. The second kappa shape index (κ2) is 10.1. The smallest absolute Gasteiger partial charge is 0.162 e. The van der Waals surface area contributed by atoms with Gasteiger partial charge >= 0.3 is 0 Å². The predicted octanol–water partition coefficient (Wildman–Crippen LogP) is 2.73. The van der Waals surface area contributed by atoms with Gasteiger partial charge in [0.1, 0.15) is 18.5 Å². The highest BCUT2D eigenvalue weighted by Gasteiger charge is 2.17. The zero-order valence-electron chi connectivity index (χ0n) is 15.3. The van der Waals surface area contributed by atoms with Crippen molar-refractivity contribution in [3.8, 4) is 5.75 Å². The van der Waals surface area contributed by atoms with Crippen LogP contribution in [0.1, 0.15) is 42.3 Å². The summed E-state index contributed by atoms with van der Waals surface area (Å²) in [5.41, 5.74) is 1.49. The van der Waals surface area contributed by atoms with Crippen LogP contribution in [0.15, 0.2) is 54.6 Å². The first-order chi connectivity index (χ1) is 12.5. The number of carbonyl (C=O) groups is 1. The Hall–Kier alpha value is -2.21. The summed E-state index contributed by atoms with van der Waals surface area (Å²) in [4.78, 5) is 11.6. The quantitative estimate of drug-likeness (QED) is 0.570. The molecule has 0 saturated carbocycles. The van der Waals surface area contributed by atoms with Crippen LogP contribution in [0.25, 0.3) is 0 Å². The molecule has 3 atom stereocenters. The maximum absolute atomic E-state index is 11.6. The van der Waals surface area contributed by atoms with Crippen LogP contribution in [0.3, 0.4) is 0 Å². The number of hydrogen-bond acceptors (Lipinski definition) is 5. The molecule has 3 N–H and O–H groups in total. The molecule has 0 fully saturated rings. The Labute approximate surface area is 154 Å². The average Bonchev–Trinajstić information content (AvgIpc) is 2.70. The summed E-state index contributed by atoms with van der Waals surface area (Å²) >= 11 is 0. The van der Waals surface area contributed by atoms with Gasteiger partial charge in [-0.15, -0.1) is 0 Å². The lowest BCUT2D eigenvalue weighted by molar-refractivity contribution is 0.0875. The summed E-state index contributed by atoms with van der Waals surface area (Å²) in [5.74, 6) is 0.695. The Kier molecular flexibility index (Phi) is 7.78. The van der Waals surface area contributed by atoms with E-state index in [0.29, 0.717) is 24.3 Å². The van der Waals surface area contributed by atoms with Crippen molar-refractivity contribution in [3.05, 3.63) is 65.7 Å². The zero-order valence-corrected chi connectivity index (χ0v) is 15.3. The second-order valence-electron chi connectivity index (χ2n) is 6.32. The Bertz CT molecular complexity index is 672. The van der Waals surface area contributed by atoms with Gasteiger partial charge in [-0.25, -0.2) is 0 Å². The molecule has 0 aliphatic heterocycles. The van der Waals surface area contributed by atoms with E-state index >= 15 is 0 Å². The lowest BCUT2D eigenvalue weighted by Crippen LogP contribution is -2.39. The van der Waals surface area contributed by atoms with Crippen molar-refractivity contribution in [2.75, 3.05) is 13.2 Å². The van der Waals surface area contributed by atoms with Crippen LogP contribution in [-0.4, -0.2) is 41.3 Å². The summed E-state index contributed by atoms with van der Waals surface area (Å²) in [6.45, 7) is 4.13. The van der Waals surface area contributed by atoms with Crippen molar-refractivity contribution in [1.29, 1.82) is 0 Å². The topological polar surface area (TPSA) is 78.8 Å². The van der Waals surface area contributed by atoms with Gasteiger partial charge in [0.15, 0.2) is 5.78 Å². The van der Waals surface area contributed by atoms with E-state index in [2.05, 4.69) is 5.32 Å². The van der Waals surface area contributed by atoms with E-state index in [0.717, 1.165) is 5.56 Å². The summed E-state index contributed by atoms with van der Waals surface area (Å²) < 4.78 is 5.55. The van der Waals surface area contributed by atoms with E-state index in [1.807, 2.05) is 44.2 Å². The Balaban J connectivity index is 1.74. The van der Waals surface area contributed by atoms with E-state index in [4.69, 9.17) is 4.74 Å². The molecule has 0 aliphatic rings. The first-order valence-electron chi connectivity index (χ1n) is 8.91. The highest BCUT2D eigenvalue weighted by atomic mass is 16.5. The van der Waals surface area contributed by atoms with E-state index in [-0.39, 0.29) is 18.4 Å². The number of Topliss-reactive ketones (excluding diaryl/α,β-unsaturated/α-hetero) is 1. The third-order valence-corrected chi connectivity index (χ3v) is 4.23. The zero-order chi connectivity index (χ0) is 18.9. The number of ketones is 1. The molecule has 0 saturated heterocycles. The number of rotatable bonds is 10. The lowest BCUT2D eigenvalue weighted by atomic mass is 10.0. The molecule has 0 aliphatic carbocycles. The van der Waals surface area contributed by atoms with E-state index < -0.39 is 12.2 Å². The fourth-order valence-electron chi connectivity index (χ4n) is 2.56. The number of carbonyl (C=O) groups excluding carboxylic acids is 1. The third kappa shape index (κ3) is 5.95. The van der Waals surface area contributed by atoms with Gasteiger partial charge in [-0.3, -0.25) is 4.79 Å². The Morgan fingerprint density at radius 2 is 1.73 bits per heavy atom. The van der Waals surface area contributed by atoms with Crippen LogP contribution in [0.2, 0.25) is 0 Å². The van der Waals surface area contributed by atoms with Crippen LogP contribution < -0.4 is 10.1 Å². The van der Waals surface area contributed by atoms with Crippen molar-refractivity contribution < 1.29 is 19.7 Å². The van der Waals surface area contributed by atoms with Crippen LogP contribution in [0.4, 0.5) is 0 Å². The van der Waals surface area contributed by atoms with E-state index in [1.165, 1.54) is 0 Å². The maximum Gasteiger partial charge on any atom is 0.162 e. The molecular weight excluding hydrogens is 330 g/mol. The molecule has 0 amide bonds. The third-order valence-electron chi connectivity index (χ3n) is 4.23. The number of hydrogen-bond donors (Lipinski definition) is 3. The van der Waals surface area contributed by atoms with Gasteiger partial charge in [-0.2, -0.15) is 0 Å². The molecule has 0 heterocycles. The molecule has 0 bridgehead atoms. The van der Waals surface area contributed by atoms with Gasteiger partial charge in [0, 0.05) is 24.6 Å². The number of aliphatic hydroxyl groups is 2. The van der Waals surface area contributed by atoms with E-state index in [9.17, 15) is 15.0 Å². The number of benzene rings is 2. The fraction of sp³-hybridized carbons (Fsp3) is 0.381. The largest absolute Gasteiger partial charge is 0.491 e. The first-order valence-corrected chi connectivity index (χ1v) is 8.91. The van der Waals surface area contributed by atoms with Gasteiger partial charge in [0.05, 0.1) is 6.10 Å². The molecule has 3 unspecified atom stereocenters. The molecule has 140 valence electrons. The fourth-order valence-corrected chi connectivity index (χ4v) is 2.56. The summed E-state index contributed by atoms with van der Waals surface area (Å²) in [7, 11) is 0. The van der Waals surface area contributed by atoms with Crippen molar-refractivity contribution in [2.45, 2.75) is 38.5 Å². The number of ether oxygens (including phenoxy) is 1. The molecule has 0 aromatic heterocycles. The van der Waals surface area contributed by atoms with Gasteiger partial charge in [0.25, 0.3) is 0 Å². The summed E-state index contributed by atoms with van der Waals surface area (Å²) in [6.07, 6.45) is -0.886. The Morgan fingerprint density at radius 3 is 2.35 bits per heavy atom. The monoisotopic (exact) mass is 357 g/mol. The van der Waals surface area contributed by atoms with Crippen molar-refractivity contribution in [3.63, 3.8) is 0 Å². The minimum absolute atomic E-state index is 0.0896. The molecule has 2 aromatic rings. The summed E-state index contributed by atoms with van der Waals surface area (Å²) in [5, 5.41) is 23.5. The van der Waals surface area contributed by atoms with Gasteiger partial charge in [-0.05, 0) is 36.8 Å². The van der Waals surface area contributed by atoms with Crippen LogP contribution in [0.5, 0.6) is 5.75 Å². The predicted molar refractivity (Wildman–Crippen MR) is 101 cm³/mol. The van der Waals surface area contributed by atoms with Crippen molar-refractivity contribution >= 4 is 5.78 Å². The van der Waals surface area contributed by atoms with Crippen LogP contribution in [-0.2, 0) is 0 Å². The normalized spacial score (nSPS) is 14.5. The van der Waals surface area contributed by atoms with Gasteiger partial charge in [0.2, 0.25) is 0 Å². The van der Waals surface area contributed by atoms with Gasteiger partial charge < -0.3 is 20.3 Å². The molecule has 0 spiro atoms. The Morgan fingerprint density at radius 1 is 1.08 bits per heavy atom. The SMILES string of the molecule is CCC(=O)c1ccc(OCC(O)CNC(C)C(O)c2ccccc2)cc1. The summed E-state index contributed by atoms with van der Waals surface area (Å²) in [6, 6.07) is 16.1. The lowest BCUT2D eigenvalue weighted by Gasteiger charge is -2.22. The number of nitrogens with one attached hydrogen (secondary N) is 1. The average molecular weight is 357 g/mol. The highest BCUT2D eigenvalue weighted by molar-refractivity contribution is 5.95. The van der Waals surface area contributed by atoms with E-state index in [1.54, 1.807) is 24.3 Å². The van der Waals surface area contributed by atoms with Crippen LogP contribution >= 0.6 is 0 Å². The van der Waals surface area contributed by atoms with Crippen LogP contribution in [0, 0.1) is 0 Å². The molecule has 26 heavy (non-hydrogen) atoms. The first kappa shape index (κ1) is 20.1. The minimum atomic E-state index is -0.711. The standard InChI is InChI=1S/C21H27NO4/c1-3-20(24)16-9-11-19(12-10-16)26-14-18(23)13-22-15(2)21(25)17-7-5-4-6-8-17/h4-12,15,18,21-23,25H,3,13-14H2,1-2H3. The minimum Gasteiger partial charge on any atom is -0.491 e. The number of aliphatic hydroxyl groups excluding tert-OH is 2. The highest BCUT2D eigenvalue weighted by Crippen LogP contribution is 2.16. The van der Waals surface area contributed by atoms with Crippen molar-refractivity contribution in [2.24, 2.45) is 0 Å². The van der Waals surface area contributed by atoms with Crippen molar-refractivity contribution in [1.82, 2.24) is 5.32 Å². The van der Waals surface area contributed by atoms with Gasteiger partial charge in [-0.1, -0.05) is 37.3 Å². The molecule has 5 heteroatoms. The molecule has 5 nitrogen and oxygen atoms in total. The molecular formula is C21H27NO4.